The first-order valence-corrected chi connectivity index (χ1v) is 6.73. The van der Waals surface area contributed by atoms with E-state index in [1.165, 1.54) is 30.3 Å². The number of carbonyl (C=O) groups is 1. The monoisotopic (exact) mass is 389 g/mol. The van der Waals surface area contributed by atoms with Gasteiger partial charge in [-0.1, -0.05) is 36.4 Å². The third kappa shape index (κ3) is 2.95. The summed E-state index contributed by atoms with van der Waals surface area (Å²) < 4.78 is 116. The maximum Gasteiger partial charge on any atom is 0.421 e. The molecule has 0 aliphatic heterocycles. The SMILES string of the molecule is O=C(Nc1cccc2ccccc12)C(C(F)(F)F)(C(F)(F)F)C(F)(F)F. The molecule has 2 nitrogen and oxygen atoms in total. The van der Waals surface area contributed by atoms with Crippen molar-refractivity contribution in [1.29, 1.82) is 0 Å². The second-order valence-electron chi connectivity index (χ2n) is 5.22. The third-order valence-corrected chi connectivity index (χ3v) is 3.65. The van der Waals surface area contributed by atoms with Gasteiger partial charge in [0, 0.05) is 11.1 Å². The Balaban J connectivity index is 2.65. The minimum absolute atomic E-state index is 0.0243. The molecule has 2 aromatic carbocycles. The fourth-order valence-electron chi connectivity index (χ4n) is 2.42. The van der Waals surface area contributed by atoms with E-state index in [4.69, 9.17) is 0 Å². The molecule has 0 aliphatic carbocycles. The highest BCUT2D eigenvalue weighted by Crippen LogP contribution is 2.59. The normalized spacial score (nSPS) is 13.7. The summed E-state index contributed by atoms with van der Waals surface area (Å²) in [6, 6.07) is 8.94. The van der Waals surface area contributed by atoms with Gasteiger partial charge in [-0.25, -0.2) is 0 Å². The number of carbonyl (C=O) groups excluding carboxylic acids is 1. The standard InChI is InChI=1S/C15H8F9NO/c16-13(17,18)12(14(19,20)21,15(22,23)24)11(26)25-10-7-3-5-8-4-1-2-6-9(8)10/h1-7H,(H,25,26). The Morgan fingerprint density at radius 3 is 1.65 bits per heavy atom. The molecular weight excluding hydrogens is 381 g/mol. The minimum Gasteiger partial charge on any atom is -0.324 e. The van der Waals surface area contributed by atoms with Crippen molar-refractivity contribution in [3.63, 3.8) is 0 Å². The number of hydrogen-bond donors (Lipinski definition) is 1. The predicted molar refractivity (Wildman–Crippen MR) is 73.2 cm³/mol. The Hall–Kier alpha value is -2.46. The van der Waals surface area contributed by atoms with Gasteiger partial charge in [0.25, 0.3) is 5.91 Å². The van der Waals surface area contributed by atoms with Gasteiger partial charge in [-0.15, -0.1) is 0 Å². The van der Waals surface area contributed by atoms with Crippen molar-refractivity contribution in [1.82, 2.24) is 0 Å². The highest BCUT2D eigenvalue weighted by atomic mass is 19.4. The van der Waals surface area contributed by atoms with Crippen LogP contribution in [0.4, 0.5) is 45.2 Å². The molecule has 0 bridgehead atoms. The molecule has 142 valence electrons. The van der Waals surface area contributed by atoms with E-state index >= 15 is 0 Å². The van der Waals surface area contributed by atoms with Crippen LogP contribution in [0.15, 0.2) is 42.5 Å². The van der Waals surface area contributed by atoms with Gasteiger partial charge >= 0.3 is 23.9 Å². The third-order valence-electron chi connectivity index (χ3n) is 3.65. The molecule has 0 unspecified atom stereocenters. The van der Waals surface area contributed by atoms with Crippen molar-refractivity contribution in [2.45, 2.75) is 18.5 Å². The van der Waals surface area contributed by atoms with Crippen LogP contribution < -0.4 is 5.32 Å². The number of halogens is 9. The first kappa shape index (κ1) is 19.9. The molecule has 2 rings (SSSR count). The average Bonchev–Trinajstić information content (AvgIpc) is 2.43. The Kier molecular flexibility index (Phi) is 4.63. The fraction of sp³-hybridized carbons (Fsp3) is 0.267. The molecule has 2 aromatic rings. The summed E-state index contributed by atoms with van der Waals surface area (Å²) in [5.74, 6) is -3.28. The number of anilines is 1. The number of alkyl halides is 9. The Morgan fingerprint density at radius 2 is 1.15 bits per heavy atom. The summed E-state index contributed by atoms with van der Waals surface area (Å²) in [5.41, 5.74) is -7.18. The van der Waals surface area contributed by atoms with E-state index in [9.17, 15) is 44.3 Å². The van der Waals surface area contributed by atoms with E-state index in [1.807, 2.05) is 0 Å². The Labute approximate surface area is 139 Å². The van der Waals surface area contributed by atoms with Crippen LogP contribution in [-0.2, 0) is 4.79 Å². The van der Waals surface area contributed by atoms with Crippen LogP contribution in [0.25, 0.3) is 10.8 Å². The van der Waals surface area contributed by atoms with Crippen molar-refractivity contribution in [3.05, 3.63) is 42.5 Å². The maximum absolute atomic E-state index is 12.9. The van der Waals surface area contributed by atoms with Gasteiger partial charge < -0.3 is 5.32 Å². The van der Waals surface area contributed by atoms with Crippen LogP contribution in [0.3, 0.4) is 0 Å². The molecule has 0 saturated heterocycles. The van der Waals surface area contributed by atoms with Crippen LogP contribution in [0, 0.1) is 5.41 Å². The molecule has 0 aromatic heterocycles. The van der Waals surface area contributed by atoms with Gasteiger partial charge in [-0.05, 0) is 11.5 Å². The molecule has 0 fully saturated rings. The lowest BCUT2D eigenvalue weighted by molar-refractivity contribution is -0.405. The fourth-order valence-corrected chi connectivity index (χ4v) is 2.42. The summed E-state index contributed by atoms with van der Waals surface area (Å²) in [7, 11) is 0. The first-order chi connectivity index (χ1) is 11.7. The van der Waals surface area contributed by atoms with Crippen LogP contribution in [0.5, 0.6) is 0 Å². The lowest BCUT2D eigenvalue weighted by atomic mass is 9.84. The van der Waals surface area contributed by atoms with E-state index in [0.717, 1.165) is 17.4 Å². The number of hydrogen-bond acceptors (Lipinski definition) is 1. The lowest BCUT2D eigenvalue weighted by Crippen LogP contribution is -2.65. The van der Waals surface area contributed by atoms with Crippen LogP contribution in [0.1, 0.15) is 0 Å². The van der Waals surface area contributed by atoms with Gasteiger partial charge in [-0.2, -0.15) is 39.5 Å². The number of amides is 1. The van der Waals surface area contributed by atoms with Gasteiger partial charge in [0.05, 0.1) is 0 Å². The number of nitrogens with one attached hydrogen (secondary N) is 1. The Bertz CT molecular complexity index is 779. The minimum atomic E-state index is -6.96. The van der Waals surface area contributed by atoms with E-state index < -0.39 is 35.5 Å². The van der Waals surface area contributed by atoms with E-state index in [2.05, 4.69) is 0 Å². The second-order valence-corrected chi connectivity index (χ2v) is 5.22. The molecule has 0 spiro atoms. The summed E-state index contributed by atoms with van der Waals surface area (Å²) in [6.45, 7) is 0. The molecule has 1 N–H and O–H groups in total. The van der Waals surface area contributed by atoms with Crippen molar-refractivity contribution >= 4 is 22.4 Å². The largest absolute Gasteiger partial charge is 0.421 e. The molecule has 0 saturated carbocycles. The van der Waals surface area contributed by atoms with Gasteiger partial charge in [0.2, 0.25) is 0 Å². The zero-order valence-corrected chi connectivity index (χ0v) is 12.4. The smallest absolute Gasteiger partial charge is 0.324 e. The highest BCUT2D eigenvalue weighted by molar-refractivity contribution is 6.04. The zero-order valence-electron chi connectivity index (χ0n) is 12.4. The highest BCUT2D eigenvalue weighted by Gasteiger charge is 2.88. The van der Waals surface area contributed by atoms with Crippen molar-refractivity contribution in [2.75, 3.05) is 5.32 Å². The van der Waals surface area contributed by atoms with Gasteiger partial charge in [0.15, 0.2) is 0 Å². The van der Waals surface area contributed by atoms with Crippen molar-refractivity contribution < 1.29 is 44.3 Å². The maximum atomic E-state index is 12.9. The Morgan fingerprint density at radius 1 is 0.692 bits per heavy atom. The molecule has 26 heavy (non-hydrogen) atoms. The number of benzene rings is 2. The average molecular weight is 389 g/mol. The number of rotatable bonds is 2. The second kappa shape index (κ2) is 6.06. The molecule has 11 heteroatoms. The topological polar surface area (TPSA) is 29.1 Å². The number of fused-ring (bicyclic) bond motifs is 1. The molecule has 0 heterocycles. The zero-order chi connectivity index (χ0) is 20.0. The molecule has 0 atom stereocenters. The quantitative estimate of drug-likeness (QED) is 0.680. The predicted octanol–water partition coefficient (Wildman–Crippen LogP) is 5.45. The van der Waals surface area contributed by atoms with Gasteiger partial charge in [0.1, 0.15) is 0 Å². The summed E-state index contributed by atoms with van der Waals surface area (Å²) in [6.07, 6.45) is -20.9. The van der Waals surface area contributed by atoms with Gasteiger partial charge in [-0.3, -0.25) is 4.79 Å². The summed E-state index contributed by atoms with van der Waals surface area (Å²) >= 11 is 0. The van der Waals surface area contributed by atoms with E-state index in [1.54, 1.807) is 0 Å². The molecule has 0 radical (unpaired) electrons. The summed E-state index contributed by atoms with van der Waals surface area (Å²) in [4.78, 5) is 11.7. The first-order valence-electron chi connectivity index (χ1n) is 6.73. The lowest BCUT2D eigenvalue weighted by Gasteiger charge is -2.37. The summed E-state index contributed by atoms with van der Waals surface area (Å²) in [5, 5.41) is 1.42. The molecule has 1 amide bonds. The van der Waals surface area contributed by atoms with E-state index in [-0.39, 0.29) is 5.39 Å². The van der Waals surface area contributed by atoms with Crippen LogP contribution in [0.2, 0.25) is 0 Å². The molecule has 0 aliphatic rings. The van der Waals surface area contributed by atoms with Crippen LogP contribution in [-0.4, -0.2) is 24.4 Å². The van der Waals surface area contributed by atoms with Crippen LogP contribution >= 0.6 is 0 Å². The van der Waals surface area contributed by atoms with E-state index in [0.29, 0.717) is 5.39 Å². The van der Waals surface area contributed by atoms with Crippen molar-refractivity contribution in [3.8, 4) is 0 Å². The van der Waals surface area contributed by atoms with Crippen molar-refractivity contribution in [2.24, 2.45) is 5.41 Å². The molecular formula is C15H8F9NO.